The van der Waals surface area contributed by atoms with E-state index in [1.165, 1.54) is 0 Å². The zero-order valence-electron chi connectivity index (χ0n) is 7.31. The Morgan fingerprint density at radius 1 is 1.58 bits per heavy atom. The van der Waals surface area contributed by atoms with Crippen LogP contribution in [0.4, 0.5) is 0 Å². The fourth-order valence-electron chi connectivity index (χ4n) is 1.42. The van der Waals surface area contributed by atoms with Crippen LogP contribution in [-0.2, 0) is 4.74 Å². The topological polar surface area (TPSA) is 75.7 Å². The van der Waals surface area contributed by atoms with Gasteiger partial charge in [-0.3, -0.25) is 0 Å². The highest BCUT2D eigenvalue weighted by molar-refractivity contribution is 4.87. The van der Waals surface area contributed by atoms with Gasteiger partial charge in [0.25, 0.3) is 0 Å². The molecule has 12 heavy (non-hydrogen) atoms. The van der Waals surface area contributed by atoms with Crippen LogP contribution >= 0.6 is 0 Å². The van der Waals surface area contributed by atoms with Crippen LogP contribution in [0.3, 0.4) is 0 Å². The van der Waals surface area contributed by atoms with Crippen LogP contribution < -0.4 is 5.73 Å². The van der Waals surface area contributed by atoms with Crippen LogP contribution in [-0.4, -0.2) is 41.2 Å². The highest BCUT2D eigenvalue weighted by Crippen LogP contribution is 2.17. The van der Waals surface area contributed by atoms with E-state index in [2.05, 4.69) is 0 Å². The molecule has 0 radical (unpaired) electrons. The second-order valence-corrected chi connectivity index (χ2v) is 3.25. The number of ether oxygens (including phenoxy) is 1. The Bertz CT molecular complexity index is 142. The first kappa shape index (κ1) is 9.92. The SMILES string of the molecule is CCC(N)C1OCC[C@@H](O)[C@H]1O. The molecule has 1 heterocycles. The zero-order chi connectivity index (χ0) is 9.14. The van der Waals surface area contributed by atoms with E-state index in [0.717, 1.165) is 6.42 Å². The van der Waals surface area contributed by atoms with E-state index in [0.29, 0.717) is 13.0 Å². The van der Waals surface area contributed by atoms with Crippen molar-refractivity contribution in [2.45, 2.75) is 44.1 Å². The van der Waals surface area contributed by atoms with Gasteiger partial charge in [-0.2, -0.15) is 0 Å². The highest BCUT2D eigenvalue weighted by Gasteiger charge is 2.34. The van der Waals surface area contributed by atoms with Crippen molar-refractivity contribution >= 4 is 0 Å². The Balaban J connectivity index is 2.51. The average molecular weight is 175 g/mol. The van der Waals surface area contributed by atoms with Crippen molar-refractivity contribution in [1.82, 2.24) is 0 Å². The quantitative estimate of drug-likeness (QED) is 0.515. The van der Waals surface area contributed by atoms with Crippen LogP contribution in [0.2, 0.25) is 0 Å². The molecular weight excluding hydrogens is 158 g/mol. The predicted octanol–water partition coefficient (Wildman–Crippen LogP) is -0.766. The molecule has 0 aromatic rings. The van der Waals surface area contributed by atoms with Gasteiger partial charge in [0, 0.05) is 12.6 Å². The summed E-state index contributed by atoms with van der Waals surface area (Å²) in [7, 11) is 0. The van der Waals surface area contributed by atoms with Gasteiger partial charge in [-0.15, -0.1) is 0 Å². The van der Waals surface area contributed by atoms with Crippen LogP contribution in [0.15, 0.2) is 0 Å². The molecule has 0 aromatic carbocycles. The summed E-state index contributed by atoms with van der Waals surface area (Å²) in [5, 5.41) is 18.8. The minimum absolute atomic E-state index is 0.185. The number of aliphatic hydroxyl groups excluding tert-OH is 2. The Morgan fingerprint density at radius 2 is 2.25 bits per heavy atom. The van der Waals surface area contributed by atoms with E-state index in [1.807, 2.05) is 6.92 Å². The van der Waals surface area contributed by atoms with E-state index in [-0.39, 0.29) is 6.04 Å². The van der Waals surface area contributed by atoms with E-state index in [9.17, 15) is 10.2 Å². The van der Waals surface area contributed by atoms with E-state index < -0.39 is 18.3 Å². The third kappa shape index (κ3) is 1.95. The summed E-state index contributed by atoms with van der Waals surface area (Å²) in [6.45, 7) is 2.42. The molecule has 4 nitrogen and oxygen atoms in total. The Hall–Kier alpha value is -0.160. The summed E-state index contributed by atoms with van der Waals surface area (Å²) in [6.07, 6.45) is -0.670. The van der Waals surface area contributed by atoms with Crippen LogP contribution in [0.5, 0.6) is 0 Å². The molecule has 1 saturated heterocycles. The lowest BCUT2D eigenvalue weighted by molar-refractivity contribution is -0.142. The normalized spacial score (nSPS) is 39.5. The lowest BCUT2D eigenvalue weighted by atomic mass is 9.96. The third-order valence-electron chi connectivity index (χ3n) is 2.35. The maximum absolute atomic E-state index is 9.48. The molecule has 2 unspecified atom stereocenters. The first-order valence-corrected chi connectivity index (χ1v) is 4.40. The number of rotatable bonds is 2. The maximum Gasteiger partial charge on any atom is 0.108 e. The number of hydrogen-bond acceptors (Lipinski definition) is 4. The molecule has 0 aromatic heterocycles. The van der Waals surface area contributed by atoms with Gasteiger partial charge in [-0.25, -0.2) is 0 Å². The maximum atomic E-state index is 9.48. The van der Waals surface area contributed by atoms with E-state index in [4.69, 9.17) is 10.5 Å². The van der Waals surface area contributed by atoms with Gasteiger partial charge in [0.1, 0.15) is 12.2 Å². The summed E-state index contributed by atoms with van der Waals surface area (Å²) in [6, 6.07) is -0.185. The van der Waals surface area contributed by atoms with Crippen molar-refractivity contribution in [2.24, 2.45) is 5.73 Å². The fourth-order valence-corrected chi connectivity index (χ4v) is 1.42. The molecule has 0 bridgehead atoms. The minimum Gasteiger partial charge on any atom is -0.390 e. The smallest absolute Gasteiger partial charge is 0.108 e. The van der Waals surface area contributed by atoms with Crippen molar-refractivity contribution in [3.8, 4) is 0 Å². The van der Waals surface area contributed by atoms with Gasteiger partial charge >= 0.3 is 0 Å². The van der Waals surface area contributed by atoms with Gasteiger partial charge in [-0.05, 0) is 12.8 Å². The largest absolute Gasteiger partial charge is 0.390 e. The first-order valence-electron chi connectivity index (χ1n) is 4.40. The van der Waals surface area contributed by atoms with Crippen LogP contribution in [0.25, 0.3) is 0 Å². The number of aliphatic hydroxyl groups is 2. The van der Waals surface area contributed by atoms with Crippen molar-refractivity contribution in [2.75, 3.05) is 6.61 Å². The number of hydrogen-bond donors (Lipinski definition) is 3. The highest BCUT2D eigenvalue weighted by atomic mass is 16.5. The molecule has 1 aliphatic heterocycles. The predicted molar refractivity (Wildman–Crippen MR) is 44.6 cm³/mol. The van der Waals surface area contributed by atoms with Crippen molar-refractivity contribution in [3.63, 3.8) is 0 Å². The molecule has 0 spiro atoms. The molecule has 1 fully saturated rings. The summed E-state index contributed by atoms with van der Waals surface area (Å²) in [4.78, 5) is 0. The van der Waals surface area contributed by atoms with Gasteiger partial charge in [0.05, 0.1) is 6.10 Å². The van der Waals surface area contributed by atoms with Crippen molar-refractivity contribution in [1.29, 1.82) is 0 Å². The monoisotopic (exact) mass is 175 g/mol. The summed E-state index contributed by atoms with van der Waals surface area (Å²) in [5.74, 6) is 0. The standard InChI is InChI=1S/C8H17NO3/c1-2-5(9)8-7(11)6(10)3-4-12-8/h5-8,10-11H,2-4,9H2,1H3/t5?,6-,7-,8?/m1/s1. The van der Waals surface area contributed by atoms with Gasteiger partial charge < -0.3 is 20.7 Å². The van der Waals surface area contributed by atoms with E-state index in [1.54, 1.807) is 0 Å². The zero-order valence-corrected chi connectivity index (χ0v) is 7.31. The lowest BCUT2D eigenvalue weighted by Crippen LogP contribution is -2.53. The first-order chi connectivity index (χ1) is 5.66. The molecular formula is C8H17NO3. The molecule has 4 N–H and O–H groups in total. The fraction of sp³-hybridized carbons (Fsp3) is 1.00. The molecule has 0 aliphatic carbocycles. The molecule has 4 atom stereocenters. The summed E-state index contributed by atoms with van der Waals surface area (Å²) < 4.78 is 5.28. The van der Waals surface area contributed by atoms with Gasteiger partial charge in [0.2, 0.25) is 0 Å². The van der Waals surface area contributed by atoms with Gasteiger partial charge in [-0.1, -0.05) is 6.92 Å². The van der Waals surface area contributed by atoms with Gasteiger partial charge in [0.15, 0.2) is 0 Å². The molecule has 4 heteroatoms. The molecule has 0 amide bonds. The Labute approximate surface area is 72.3 Å². The second kappa shape index (κ2) is 4.18. The molecule has 1 rings (SSSR count). The Kier molecular flexibility index (Phi) is 3.46. The summed E-state index contributed by atoms with van der Waals surface area (Å²) >= 11 is 0. The molecule has 0 saturated carbocycles. The minimum atomic E-state index is -0.825. The van der Waals surface area contributed by atoms with Crippen molar-refractivity contribution in [3.05, 3.63) is 0 Å². The molecule has 1 aliphatic rings. The average Bonchev–Trinajstić information content (AvgIpc) is 2.08. The van der Waals surface area contributed by atoms with Crippen molar-refractivity contribution < 1.29 is 14.9 Å². The number of nitrogens with two attached hydrogens (primary N) is 1. The van der Waals surface area contributed by atoms with Crippen LogP contribution in [0, 0.1) is 0 Å². The molecule has 72 valence electrons. The summed E-state index contributed by atoms with van der Waals surface area (Å²) in [5.41, 5.74) is 5.70. The lowest BCUT2D eigenvalue weighted by Gasteiger charge is -2.35. The Morgan fingerprint density at radius 3 is 2.83 bits per heavy atom. The third-order valence-corrected chi connectivity index (χ3v) is 2.35. The van der Waals surface area contributed by atoms with Crippen LogP contribution in [0.1, 0.15) is 19.8 Å². The second-order valence-electron chi connectivity index (χ2n) is 3.25. The van der Waals surface area contributed by atoms with E-state index >= 15 is 0 Å².